The molecule has 29 heavy (non-hydrogen) atoms. The van der Waals surface area contributed by atoms with Crippen molar-refractivity contribution >= 4 is 23.4 Å². The molecule has 1 fully saturated rings. The fourth-order valence-corrected chi connectivity index (χ4v) is 2.97. The van der Waals surface area contributed by atoms with Gasteiger partial charge in [-0.25, -0.2) is 4.39 Å². The number of hydrogen-bond acceptors (Lipinski definition) is 3. The molecule has 1 aromatic carbocycles. The van der Waals surface area contributed by atoms with E-state index in [-0.39, 0.29) is 17.2 Å². The monoisotopic (exact) mass is 415 g/mol. The summed E-state index contributed by atoms with van der Waals surface area (Å²) in [5, 5.41) is 4.18. The van der Waals surface area contributed by atoms with Crippen molar-refractivity contribution in [3.05, 3.63) is 41.7 Å². The summed E-state index contributed by atoms with van der Waals surface area (Å²) in [4.78, 5) is 37.8. The predicted octanol–water partition coefficient (Wildman–Crippen LogP) is 2.79. The molecule has 1 heterocycles. The highest BCUT2D eigenvalue weighted by atomic mass is 19.4. The summed E-state index contributed by atoms with van der Waals surface area (Å²) in [6, 6.07) is 1.99. The van der Waals surface area contributed by atoms with E-state index in [0.717, 1.165) is 6.07 Å². The molecule has 1 aliphatic heterocycles. The number of carbonyl (C=O) groups excluding carboxylic acids is 3. The average molecular weight is 415 g/mol. The first-order valence-corrected chi connectivity index (χ1v) is 8.89. The number of benzene rings is 1. The van der Waals surface area contributed by atoms with E-state index in [4.69, 9.17) is 0 Å². The summed E-state index contributed by atoms with van der Waals surface area (Å²) in [6.07, 6.45) is -2.69. The van der Waals surface area contributed by atoms with Crippen LogP contribution in [0.5, 0.6) is 0 Å². The lowest BCUT2D eigenvalue weighted by Gasteiger charge is -2.30. The number of alkyl halides is 3. The minimum atomic E-state index is -4.63. The third-order valence-corrected chi connectivity index (χ3v) is 4.60. The lowest BCUT2D eigenvalue weighted by atomic mass is 9.95. The second-order valence-corrected chi connectivity index (χ2v) is 6.74. The number of aryl methyl sites for hydroxylation is 1. The third-order valence-electron chi connectivity index (χ3n) is 4.60. The van der Waals surface area contributed by atoms with E-state index in [1.807, 2.05) is 0 Å². The van der Waals surface area contributed by atoms with Crippen LogP contribution in [0.1, 0.15) is 28.8 Å². The summed E-state index contributed by atoms with van der Waals surface area (Å²) in [6.45, 7) is 3.94. The van der Waals surface area contributed by atoms with E-state index in [2.05, 4.69) is 11.9 Å². The smallest absolute Gasteiger partial charge is 0.343 e. The van der Waals surface area contributed by atoms with Crippen LogP contribution < -0.4 is 10.6 Å². The van der Waals surface area contributed by atoms with Crippen molar-refractivity contribution in [3.63, 3.8) is 0 Å². The predicted molar refractivity (Wildman–Crippen MR) is 97.7 cm³/mol. The van der Waals surface area contributed by atoms with Gasteiger partial charge in [0, 0.05) is 19.0 Å². The Hall–Kier alpha value is -2.91. The molecular weight excluding hydrogens is 394 g/mol. The maximum absolute atomic E-state index is 13.9. The number of carbonyl (C=O) groups is 3. The Labute approximate surface area is 164 Å². The van der Waals surface area contributed by atoms with Crippen molar-refractivity contribution in [1.29, 1.82) is 0 Å². The summed E-state index contributed by atoms with van der Waals surface area (Å²) in [7, 11) is 0. The van der Waals surface area contributed by atoms with Gasteiger partial charge in [-0.1, -0.05) is 6.58 Å². The Morgan fingerprint density at radius 2 is 1.86 bits per heavy atom. The zero-order chi connectivity index (χ0) is 21.8. The van der Waals surface area contributed by atoms with Crippen molar-refractivity contribution < 1.29 is 31.9 Å². The number of nitrogens with zero attached hydrogens (tertiary/aromatic N) is 1. The Bertz CT molecular complexity index is 816. The molecule has 1 aromatic rings. The molecule has 0 radical (unpaired) electrons. The Morgan fingerprint density at radius 1 is 1.24 bits per heavy atom. The molecule has 0 aromatic heterocycles. The van der Waals surface area contributed by atoms with E-state index in [9.17, 15) is 31.9 Å². The van der Waals surface area contributed by atoms with E-state index < -0.39 is 41.8 Å². The summed E-state index contributed by atoms with van der Waals surface area (Å²) >= 11 is 0. The molecule has 0 atom stereocenters. The first-order valence-electron chi connectivity index (χ1n) is 8.89. The molecule has 158 valence electrons. The second kappa shape index (κ2) is 9.06. The van der Waals surface area contributed by atoms with Gasteiger partial charge in [0.05, 0.1) is 11.3 Å². The van der Waals surface area contributed by atoms with Gasteiger partial charge in [0.15, 0.2) is 0 Å². The largest absolute Gasteiger partial charge is 0.405 e. The molecule has 0 spiro atoms. The zero-order valence-electron chi connectivity index (χ0n) is 15.7. The van der Waals surface area contributed by atoms with Crippen LogP contribution in [0.4, 0.5) is 23.2 Å². The number of piperidine rings is 1. The minimum Gasteiger partial charge on any atom is -0.343 e. The Balaban J connectivity index is 2.12. The van der Waals surface area contributed by atoms with Gasteiger partial charge in [-0.05, 0) is 43.5 Å². The van der Waals surface area contributed by atoms with E-state index in [1.54, 1.807) is 10.2 Å². The van der Waals surface area contributed by atoms with Gasteiger partial charge in [0.25, 0.3) is 5.91 Å². The number of likely N-dealkylation sites (tertiary alicyclic amines) is 1. The van der Waals surface area contributed by atoms with Crippen LogP contribution in [-0.2, 0) is 9.59 Å². The van der Waals surface area contributed by atoms with Crippen LogP contribution in [0.2, 0.25) is 0 Å². The topological polar surface area (TPSA) is 78.5 Å². The fourth-order valence-electron chi connectivity index (χ4n) is 2.97. The molecule has 6 nitrogen and oxygen atoms in total. The zero-order valence-corrected chi connectivity index (χ0v) is 15.7. The van der Waals surface area contributed by atoms with Crippen LogP contribution in [-0.4, -0.2) is 48.4 Å². The number of hydrogen-bond donors (Lipinski definition) is 2. The first kappa shape index (κ1) is 22.4. The normalized spacial score (nSPS) is 15.0. The molecule has 1 aliphatic rings. The van der Waals surface area contributed by atoms with Gasteiger partial charge in [-0.3, -0.25) is 14.4 Å². The van der Waals surface area contributed by atoms with E-state index in [1.165, 1.54) is 19.1 Å². The van der Waals surface area contributed by atoms with Crippen LogP contribution in [0.25, 0.3) is 0 Å². The molecule has 0 bridgehead atoms. The summed E-state index contributed by atoms with van der Waals surface area (Å²) in [5.41, 5.74) is -0.345. The molecule has 10 heteroatoms. The van der Waals surface area contributed by atoms with Crippen LogP contribution >= 0.6 is 0 Å². The molecule has 3 amide bonds. The highest BCUT2D eigenvalue weighted by Gasteiger charge is 2.30. The average Bonchev–Trinajstić information content (AvgIpc) is 2.67. The van der Waals surface area contributed by atoms with E-state index >= 15 is 0 Å². The number of halogens is 4. The maximum atomic E-state index is 13.9. The van der Waals surface area contributed by atoms with Crippen LogP contribution in [0, 0.1) is 18.7 Å². The molecular formula is C19H21F4N3O3. The number of anilines is 1. The van der Waals surface area contributed by atoms with Gasteiger partial charge in [-0.15, -0.1) is 0 Å². The van der Waals surface area contributed by atoms with Crippen LogP contribution in [0.15, 0.2) is 24.8 Å². The number of amides is 3. The Morgan fingerprint density at radius 3 is 2.41 bits per heavy atom. The fraction of sp³-hybridized carbons (Fsp3) is 0.421. The van der Waals surface area contributed by atoms with Crippen LogP contribution in [0.3, 0.4) is 0 Å². The van der Waals surface area contributed by atoms with Crippen molar-refractivity contribution in [1.82, 2.24) is 10.2 Å². The van der Waals surface area contributed by atoms with Crippen molar-refractivity contribution in [2.45, 2.75) is 25.9 Å². The van der Waals surface area contributed by atoms with E-state index in [0.29, 0.717) is 25.9 Å². The van der Waals surface area contributed by atoms with Gasteiger partial charge in [-0.2, -0.15) is 13.2 Å². The summed E-state index contributed by atoms with van der Waals surface area (Å²) < 4.78 is 50.9. The second-order valence-electron chi connectivity index (χ2n) is 6.74. The van der Waals surface area contributed by atoms with Gasteiger partial charge >= 0.3 is 6.18 Å². The molecule has 0 unspecified atom stereocenters. The number of rotatable bonds is 5. The molecule has 0 aliphatic carbocycles. The summed E-state index contributed by atoms with van der Waals surface area (Å²) in [5.74, 6) is -3.08. The number of nitrogens with one attached hydrogen (secondary N) is 2. The lowest BCUT2D eigenvalue weighted by Crippen LogP contribution is -2.41. The van der Waals surface area contributed by atoms with Crippen molar-refractivity contribution in [2.24, 2.45) is 5.92 Å². The highest BCUT2D eigenvalue weighted by molar-refractivity contribution is 6.04. The molecule has 2 rings (SSSR count). The van der Waals surface area contributed by atoms with Gasteiger partial charge in [0.1, 0.15) is 12.4 Å². The molecule has 1 saturated heterocycles. The molecule has 2 N–H and O–H groups in total. The SMILES string of the molecule is C=CC(=O)N1CCC(C(=O)Nc2cc(C)c(F)cc2C(=O)NCC(F)(F)F)CC1. The standard InChI is InChI=1S/C19H21F4N3O3/c1-3-16(27)26-6-4-12(5-7-26)17(28)25-15-8-11(2)14(20)9-13(15)18(29)24-10-19(21,22)23/h3,8-9,12H,1,4-7,10H2,2H3,(H,24,29)(H,25,28). The maximum Gasteiger partial charge on any atom is 0.405 e. The van der Waals surface area contributed by atoms with Gasteiger partial charge < -0.3 is 15.5 Å². The highest BCUT2D eigenvalue weighted by Crippen LogP contribution is 2.24. The first-order chi connectivity index (χ1) is 13.5. The third kappa shape index (κ3) is 6.03. The minimum absolute atomic E-state index is 0.0711. The molecule has 0 saturated carbocycles. The quantitative estimate of drug-likeness (QED) is 0.574. The van der Waals surface area contributed by atoms with Crippen molar-refractivity contribution in [3.8, 4) is 0 Å². The van der Waals surface area contributed by atoms with Gasteiger partial charge in [0.2, 0.25) is 11.8 Å². The van der Waals surface area contributed by atoms with Crippen molar-refractivity contribution in [2.75, 3.05) is 25.0 Å². The lowest BCUT2D eigenvalue weighted by molar-refractivity contribution is -0.130. The Kier molecular flexibility index (Phi) is 6.99.